The number of para-hydroxylation sites is 1. The molecule has 0 aliphatic carbocycles. The van der Waals surface area contributed by atoms with Gasteiger partial charge in [0, 0.05) is 23.1 Å². The van der Waals surface area contributed by atoms with E-state index >= 15 is 0 Å². The maximum Gasteiger partial charge on any atom is 0.265 e. The van der Waals surface area contributed by atoms with Crippen LogP contribution in [0.4, 0.5) is 0 Å². The second-order valence-corrected chi connectivity index (χ2v) is 9.00. The van der Waals surface area contributed by atoms with Crippen LogP contribution in [0, 0.1) is 6.92 Å². The van der Waals surface area contributed by atoms with Gasteiger partial charge in [0.1, 0.15) is 6.33 Å². The van der Waals surface area contributed by atoms with Crippen molar-refractivity contribution in [2.24, 2.45) is 0 Å². The fourth-order valence-electron chi connectivity index (χ4n) is 3.79. The summed E-state index contributed by atoms with van der Waals surface area (Å²) in [6.45, 7) is 2.53. The fourth-order valence-corrected chi connectivity index (χ4v) is 4.41. The molecule has 0 spiro atoms. The minimum absolute atomic E-state index is 0.140. The van der Waals surface area contributed by atoms with E-state index in [4.69, 9.17) is 0 Å². The molecule has 0 aliphatic rings. The van der Waals surface area contributed by atoms with Gasteiger partial charge in [0.25, 0.3) is 11.5 Å². The fraction of sp³-hybridized carbons (Fsp3) is 0.111. The summed E-state index contributed by atoms with van der Waals surface area (Å²) in [6, 6.07) is 22.5. The zero-order valence-corrected chi connectivity index (χ0v) is 19.4. The standard InChI is InChI=1S/C27H22N4O2S/c1-18-30-25(16-34-18)20-8-6-19(7-9-20)14-15-28-26(32)21-10-12-22(13-11-21)31-17-29-24-5-3-2-4-23(24)27(31)33/h2-13,16-17H,14-15H2,1H3,(H,28,32). The molecule has 5 rings (SSSR count). The SMILES string of the molecule is Cc1nc(-c2ccc(CCNC(=O)c3ccc(-n4cnc5ccccc5c4=O)cc3)cc2)cs1. The first-order chi connectivity index (χ1) is 16.6. The van der Waals surface area contributed by atoms with Gasteiger partial charge in [-0.3, -0.25) is 14.2 Å². The largest absolute Gasteiger partial charge is 0.352 e. The number of aromatic nitrogens is 3. The van der Waals surface area contributed by atoms with Crippen LogP contribution in [0.5, 0.6) is 0 Å². The van der Waals surface area contributed by atoms with Crippen LogP contribution >= 0.6 is 11.3 Å². The van der Waals surface area contributed by atoms with Crippen molar-refractivity contribution in [3.63, 3.8) is 0 Å². The quantitative estimate of drug-likeness (QED) is 0.390. The second kappa shape index (κ2) is 9.41. The van der Waals surface area contributed by atoms with E-state index in [1.807, 2.05) is 25.1 Å². The highest BCUT2D eigenvalue weighted by molar-refractivity contribution is 7.09. The van der Waals surface area contributed by atoms with Gasteiger partial charge in [-0.1, -0.05) is 36.4 Å². The maximum atomic E-state index is 12.8. The number of thiazole rings is 1. The molecule has 0 saturated carbocycles. The van der Waals surface area contributed by atoms with Gasteiger partial charge in [-0.2, -0.15) is 0 Å². The number of nitrogens with zero attached hydrogens (tertiary/aromatic N) is 3. The van der Waals surface area contributed by atoms with Crippen molar-refractivity contribution >= 4 is 28.1 Å². The van der Waals surface area contributed by atoms with E-state index in [9.17, 15) is 9.59 Å². The minimum atomic E-state index is -0.148. The third-order valence-electron chi connectivity index (χ3n) is 5.64. The summed E-state index contributed by atoms with van der Waals surface area (Å²) in [5.74, 6) is -0.148. The van der Waals surface area contributed by atoms with Crippen molar-refractivity contribution in [2.75, 3.05) is 6.54 Å². The van der Waals surface area contributed by atoms with Gasteiger partial charge in [0.15, 0.2) is 0 Å². The number of fused-ring (bicyclic) bond motifs is 1. The zero-order valence-electron chi connectivity index (χ0n) is 18.6. The molecule has 0 atom stereocenters. The van der Waals surface area contributed by atoms with Gasteiger partial charge in [-0.25, -0.2) is 9.97 Å². The van der Waals surface area contributed by atoms with Gasteiger partial charge in [-0.05, 0) is 55.3 Å². The Bertz CT molecular complexity index is 1520. The summed E-state index contributed by atoms with van der Waals surface area (Å²) in [5, 5.41) is 6.63. The lowest BCUT2D eigenvalue weighted by molar-refractivity contribution is 0.0954. The molecule has 3 aromatic carbocycles. The van der Waals surface area contributed by atoms with Crippen molar-refractivity contribution in [1.29, 1.82) is 0 Å². The molecule has 7 heteroatoms. The minimum Gasteiger partial charge on any atom is -0.352 e. The van der Waals surface area contributed by atoms with Crippen molar-refractivity contribution in [1.82, 2.24) is 19.9 Å². The van der Waals surface area contributed by atoms with Gasteiger partial charge in [0.05, 0.1) is 27.3 Å². The molecule has 34 heavy (non-hydrogen) atoms. The average molecular weight is 467 g/mol. The molecule has 5 aromatic rings. The maximum absolute atomic E-state index is 12.8. The predicted molar refractivity (Wildman–Crippen MR) is 136 cm³/mol. The number of benzene rings is 3. The predicted octanol–water partition coefficient (Wildman–Crippen LogP) is 4.79. The average Bonchev–Trinajstić information content (AvgIpc) is 3.31. The molecule has 2 aromatic heterocycles. The van der Waals surface area contributed by atoms with Crippen LogP contribution in [-0.2, 0) is 6.42 Å². The van der Waals surface area contributed by atoms with Crippen LogP contribution in [0.2, 0.25) is 0 Å². The number of hydrogen-bond donors (Lipinski definition) is 1. The molecule has 0 fully saturated rings. The number of carbonyl (C=O) groups is 1. The summed E-state index contributed by atoms with van der Waals surface area (Å²) < 4.78 is 1.49. The molecule has 0 aliphatic heterocycles. The Morgan fingerprint density at radius 1 is 1.00 bits per heavy atom. The number of rotatable bonds is 6. The summed E-state index contributed by atoms with van der Waals surface area (Å²) in [6.07, 6.45) is 2.25. The highest BCUT2D eigenvalue weighted by Crippen LogP contribution is 2.22. The first-order valence-corrected chi connectivity index (χ1v) is 11.8. The summed E-state index contributed by atoms with van der Waals surface area (Å²) in [7, 11) is 0. The smallest absolute Gasteiger partial charge is 0.265 e. The molecule has 6 nitrogen and oxygen atoms in total. The van der Waals surface area contributed by atoms with E-state index in [0.717, 1.165) is 28.2 Å². The molecule has 0 radical (unpaired) electrons. The van der Waals surface area contributed by atoms with Gasteiger partial charge >= 0.3 is 0 Å². The lowest BCUT2D eigenvalue weighted by Gasteiger charge is -2.09. The monoisotopic (exact) mass is 466 g/mol. The van der Waals surface area contributed by atoms with Crippen LogP contribution in [0.3, 0.4) is 0 Å². The van der Waals surface area contributed by atoms with E-state index in [1.54, 1.807) is 41.7 Å². The first-order valence-electron chi connectivity index (χ1n) is 10.9. The topological polar surface area (TPSA) is 76.9 Å². The summed E-state index contributed by atoms with van der Waals surface area (Å²) in [5.41, 5.74) is 4.96. The van der Waals surface area contributed by atoms with Crippen LogP contribution in [0.15, 0.2) is 89.3 Å². The summed E-state index contributed by atoms with van der Waals surface area (Å²) >= 11 is 1.64. The third kappa shape index (κ3) is 4.51. The number of aryl methyl sites for hydroxylation is 1. The molecule has 2 heterocycles. The number of nitrogens with one attached hydrogen (secondary N) is 1. The lowest BCUT2D eigenvalue weighted by Crippen LogP contribution is -2.25. The van der Waals surface area contributed by atoms with E-state index in [1.165, 1.54) is 10.9 Å². The van der Waals surface area contributed by atoms with Gasteiger partial charge < -0.3 is 5.32 Å². The number of hydrogen-bond acceptors (Lipinski definition) is 5. The molecule has 1 amide bonds. The van der Waals surface area contributed by atoms with Crippen molar-refractivity contribution in [3.8, 4) is 16.9 Å². The summed E-state index contributed by atoms with van der Waals surface area (Å²) in [4.78, 5) is 34.2. The second-order valence-electron chi connectivity index (χ2n) is 7.94. The lowest BCUT2D eigenvalue weighted by atomic mass is 10.1. The first kappa shape index (κ1) is 21.7. The van der Waals surface area contributed by atoms with Gasteiger partial charge in [-0.15, -0.1) is 11.3 Å². The Balaban J connectivity index is 1.20. The highest BCUT2D eigenvalue weighted by atomic mass is 32.1. The Labute approximate surface area is 200 Å². The van der Waals surface area contributed by atoms with Crippen molar-refractivity contribution in [3.05, 3.63) is 111 Å². The Morgan fingerprint density at radius 2 is 1.76 bits per heavy atom. The Hall–Kier alpha value is -4.10. The zero-order chi connectivity index (χ0) is 23.5. The van der Waals surface area contributed by atoms with Crippen LogP contribution in [0.25, 0.3) is 27.8 Å². The van der Waals surface area contributed by atoms with E-state index in [0.29, 0.717) is 28.7 Å². The third-order valence-corrected chi connectivity index (χ3v) is 6.41. The molecular formula is C27H22N4O2S. The van der Waals surface area contributed by atoms with E-state index < -0.39 is 0 Å². The number of amides is 1. The normalized spacial score (nSPS) is 11.0. The van der Waals surface area contributed by atoms with Crippen LogP contribution in [-0.4, -0.2) is 27.0 Å². The molecule has 168 valence electrons. The molecule has 0 bridgehead atoms. The molecule has 0 saturated heterocycles. The Kier molecular flexibility index (Phi) is 6.01. The molecular weight excluding hydrogens is 444 g/mol. The van der Waals surface area contributed by atoms with E-state index in [2.05, 4.69) is 44.9 Å². The highest BCUT2D eigenvalue weighted by Gasteiger charge is 2.09. The van der Waals surface area contributed by atoms with Crippen LogP contribution < -0.4 is 10.9 Å². The molecule has 1 N–H and O–H groups in total. The number of carbonyl (C=O) groups excluding carboxylic acids is 1. The van der Waals surface area contributed by atoms with Crippen molar-refractivity contribution < 1.29 is 4.79 Å². The van der Waals surface area contributed by atoms with Gasteiger partial charge in [0.2, 0.25) is 0 Å². The van der Waals surface area contributed by atoms with E-state index in [-0.39, 0.29) is 11.5 Å². The van der Waals surface area contributed by atoms with Crippen molar-refractivity contribution in [2.45, 2.75) is 13.3 Å². The Morgan fingerprint density at radius 3 is 2.50 bits per heavy atom. The van der Waals surface area contributed by atoms with Crippen LogP contribution in [0.1, 0.15) is 20.9 Å². The molecule has 0 unspecified atom stereocenters.